The molecule has 3 aromatic rings. The van der Waals surface area contributed by atoms with Crippen molar-refractivity contribution in [2.24, 2.45) is 10.9 Å². The predicted octanol–water partition coefficient (Wildman–Crippen LogP) is 4.62. The van der Waals surface area contributed by atoms with Gasteiger partial charge in [-0.15, -0.1) is 0 Å². The average molecular weight is 359 g/mol. The van der Waals surface area contributed by atoms with Gasteiger partial charge in [-0.1, -0.05) is 64.8 Å². The second-order valence-corrected chi connectivity index (χ2v) is 5.85. The largest absolute Gasteiger partial charge is 0.380 e. The zero-order valence-electron chi connectivity index (χ0n) is 12.4. The van der Waals surface area contributed by atoms with E-state index < -0.39 is 5.97 Å². The second kappa shape index (κ2) is 6.91. The maximum atomic E-state index is 12.3. The van der Waals surface area contributed by atoms with Crippen LogP contribution in [-0.2, 0) is 4.84 Å². The Balaban J connectivity index is 1.88. The summed E-state index contributed by atoms with van der Waals surface area (Å²) in [6, 6.07) is 17.6. The van der Waals surface area contributed by atoms with Gasteiger partial charge in [0, 0.05) is 10.6 Å². The highest BCUT2D eigenvalue weighted by atomic mass is 35.5. The number of rotatable bonds is 3. The molecular formula is C18H12Cl2N2O2. The minimum atomic E-state index is -0.604. The molecule has 0 unspecified atom stereocenters. The van der Waals surface area contributed by atoms with Crippen molar-refractivity contribution in [3.05, 3.63) is 81.8 Å². The van der Waals surface area contributed by atoms with Crippen LogP contribution in [0.15, 0.2) is 65.8 Å². The SMILES string of the molecule is N/C(=N/OC(=O)c1cccc2ccccc12)c1cc(Cl)ccc1Cl. The fourth-order valence-corrected chi connectivity index (χ4v) is 2.67. The van der Waals surface area contributed by atoms with Gasteiger partial charge in [-0.3, -0.25) is 0 Å². The molecule has 0 spiro atoms. The molecule has 4 nitrogen and oxygen atoms in total. The quantitative estimate of drug-likeness (QED) is 0.321. The molecule has 0 fully saturated rings. The number of oxime groups is 1. The first-order valence-corrected chi connectivity index (χ1v) is 7.80. The molecule has 3 aromatic carbocycles. The van der Waals surface area contributed by atoms with Crippen LogP contribution >= 0.6 is 23.2 Å². The predicted molar refractivity (Wildman–Crippen MR) is 96.5 cm³/mol. The Morgan fingerprint density at radius 1 is 0.958 bits per heavy atom. The van der Waals surface area contributed by atoms with Crippen molar-refractivity contribution in [1.29, 1.82) is 0 Å². The zero-order valence-corrected chi connectivity index (χ0v) is 13.9. The van der Waals surface area contributed by atoms with Gasteiger partial charge in [0.15, 0.2) is 5.84 Å². The van der Waals surface area contributed by atoms with Gasteiger partial charge in [0.05, 0.1) is 10.6 Å². The molecule has 0 aromatic heterocycles. The third-order valence-electron chi connectivity index (χ3n) is 3.44. The molecule has 0 aliphatic rings. The maximum absolute atomic E-state index is 12.3. The topological polar surface area (TPSA) is 64.7 Å². The number of hydrogen-bond acceptors (Lipinski definition) is 3. The summed E-state index contributed by atoms with van der Waals surface area (Å²) in [6.45, 7) is 0. The van der Waals surface area contributed by atoms with Gasteiger partial charge >= 0.3 is 5.97 Å². The lowest BCUT2D eigenvalue weighted by Gasteiger charge is -2.06. The van der Waals surface area contributed by atoms with Crippen LogP contribution in [0.2, 0.25) is 10.0 Å². The van der Waals surface area contributed by atoms with E-state index in [0.29, 0.717) is 21.2 Å². The van der Waals surface area contributed by atoms with Crippen molar-refractivity contribution < 1.29 is 9.63 Å². The van der Waals surface area contributed by atoms with Crippen LogP contribution in [0.4, 0.5) is 0 Å². The number of nitrogens with zero attached hydrogens (tertiary/aromatic N) is 1. The van der Waals surface area contributed by atoms with E-state index >= 15 is 0 Å². The van der Waals surface area contributed by atoms with Crippen molar-refractivity contribution in [3.8, 4) is 0 Å². The first-order valence-electron chi connectivity index (χ1n) is 7.04. The van der Waals surface area contributed by atoms with Gasteiger partial charge in [-0.05, 0) is 35.0 Å². The minimum Gasteiger partial charge on any atom is -0.380 e. The summed E-state index contributed by atoms with van der Waals surface area (Å²) < 4.78 is 0. The fourth-order valence-electron chi connectivity index (χ4n) is 2.29. The zero-order chi connectivity index (χ0) is 17.1. The lowest BCUT2D eigenvalue weighted by molar-refractivity contribution is 0.0518. The molecule has 0 aliphatic carbocycles. The molecule has 0 atom stereocenters. The van der Waals surface area contributed by atoms with Crippen LogP contribution in [0.25, 0.3) is 10.8 Å². The molecule has 0 heterocycles. The fraction of sp³-hybridized carbons (Fsp3) is 0. The van der Waals surface area contributed by atoms with E-state index in [-0.39, 0.29) is 5.84 Å². The number of halogens is 2. The number of fused-ring (bicyclic) bond motifs is 1. The standard InChI is InChI=1S/C18H12Cl2N2O2/c19-12-8-9-16(20)15(10-12)17(21)22-24-18(23)14-7-3-5-11-4-1-2-6-13(11)14/h1-10H,(H2,21,22). The molecule has 0 radical (unpaired) electrons. The number of nitrogens with two attached hydrogens (primary N) is 1. The van der Waals surface area contributed by atoms with Crippen molar-refractivity contribution in [2.45, 2.75) is 0 Å². The number of carbonyl (C=O) groups excluding carboxylic acids is 1. The van der Waals surface area contributed by atoms with Crippen molar-refractivity contribution in [1.82, 2.24) is 0 Å². The minimum absolute atomic E-state index is 0.0314. The van der Waals surface area contributed by atoms with E-state index in [1.165, 1.54) is 0 Å². The Hall–Kier alpha value is -2.56. The summed E-state index contributed by atoms with van der Waals surface area (Å²) in [5, 5.41) is 6.21. The molecule has 120 valence electrons. The Bertz CT molecular complexity index is 949. The summed E-state index contributed by atoms with van der Waals surface area (Å²) in [7, 11) is 0. The summed E-state index contributed by atoms with van der Waals surface area (Å²) in [4.78, 5) is 17.3. The lowest BCUT2D eigenvalue weighted by atomic mass is 10.1. The molecule has 2 N–H and O–H groups in total. The van der Waals surface area contributed by atoms with E-state index in [0.717, 1.165) is 10.8 Å². The first kappa shape index (κ1) is 16.3. The van der Waals surface area contributed by atoms with Crippen LogP contribution in [0.5, 0.6) is 0 Å². The third-order valence-corrected chi connectivity index (χ3v) is 4.01. The molecule has 0 amide bonds. The highest BCUT2D eigenvalue weighted by Gasteiger charge is 2.13. The van der Waals surface area contributed by atoms with Gasteiger partial charge in [0.25, 0.3) is 0 Å². The van der Waals surface area contributed by atoms with Crippen LogP contribution in [0.1, 0.15) is 15.9 Å². The molecule has 0 saturated carbocycles. The number of amidine groups is 1. The van der Waals surface area contributed by atoms with Crippen LogP contribution in [0, 0.1) is 0 Å². The summed E-state index contributed by atoms with van der Waals surface area (Å²) in [6.07, 6.45) is 0. The molecule has 24 heavy (non-hydrogen) atoms. The number of benzene rings is 3. The van der Waals surface area contributed by atoms with Crippen LogP contribution < -0.4 is 5.73 Å². The molecule has 3 rings (SSSR count). The first-order chi connectivity index (χ1) is 11.6. The Morgan fingerprint density at radius 3 is 2.54 bits per heavy atom. The van der Waals surface area contributed by atoms with Crippen LogP contribution in [-0.4, -0.2) is 11.8 Å². The highest BCUT2D eigenvalue weighted by Crippen LogP contribution is 2.21. The van der Waals surface area contributed by atoms with Crippen molar-refractivity contribution in [3.63, 3.8) is 0 Å². The second-order valence-electron chi connectivity index (χ2n) is 5.01. The van der Waals surface area contributed by atoms with Crippen LogP contribution in [0.3, 0.4) is 0 Å². The summed E-state index contributed by atoms with van der Waals surface area (Å²) in [5.74, 6) is -0.635. The van der Waals surface area contributed by atoms with Gasteiger partial charge in [-0.2, -0.15) is 0 Å². The highest BCUT2D eigenvalue weighted by molar-refractivity contribution is 6.36. The Labute approximate surface area is 148 Å². The number of carbonyl (C=O) groups is 1. The summed E-state index contributed by atoms with van der Waals surface area (Å²) >= 11 is 11.9. The van der Waals surface area contributed by atoms with Gasteiger partial charge in [-0.25, -0.2) is 4.79 Å². The molecule has 6 heteroatoms. The van der Waals surface area contributed by atoms with Gasteiger partial charge in [0.1, 0.15) is 0 Å². The smallest absolute Gasteiger partial charge is 0.366 e. The van der Waals surface area contributed by atoms with E-state index in [2.05, 4.69) is 5.16 Å². The van der Waals surface area contributed by atoms with E-state index in [4.69, 9.17) is 33.8 Å². The Kier molecular flexibility index (Phi) is 4.69. The van der Waals surface area contributed by atoms with Crippen molar-refractivity contribution >= 4 is 45.8 Å². The van der Waals surface area contributed by atoms with Crippen molar-refractivity contribution in [2.75, 3.05) is 0 Å². The lowest BCUT2D eigenvalue weighted by Crippen LogP contribution is -2.16. The van der Waals surface area contributed by atoms with E-state index in [9.17, 15) is 4.79 Å². The molecule has 0 aliphatic heterocycles. The summed E-state index contributed by atoms with van der Waals surface area (Å²) in [5.41, 5.74) is 6.64. The monoisotopic (exact) mass is 358 g/mol. The third kappa shape index (κ3) is 3.35. The molecular weight excluding hydrogens is 347 g/mol. The average Bonchev–Trinajstić information content (AvgIpc) is 2.61. The normalized spacial score (nSPS) is 11.5. The maximum Gasteiger partial charge on any atom is 0.366 e. The Morgan fingerprint density at radius 2 is 1.71 bits per heavy atom. The van der Waals surface area contributed by atoms with Gasteiger partial charge < -0.3 is 10.6 Å². The molecule has 0 saturated heterocycles. The van der Waals surface area contributed by atoms with Gasteiger partial charge in [0.2, 0.25) is 0 Å². The van der Waals surface area contributed by atoms with E-state index in [1.54, 1.807) is 30.3 Å². The molecule has 0 bridgehead atoms. The number of hydrogen-bond donors (Lipinski definition) is 1. The van der Waals surface area contributed by atoms with E-state index in [1.807, 2.05) is 30.3 Å².